The summed E-state index contributed by atoms with van der Waals surface area (Å²) in [7, 11) is 1.57. The van der Waals surface area contributed by atoms with Crippen LogP contribution in [0.4, 0.5) is 0 Å². The van der Waals surface area contributed by atoms with E-state index < -0.39 is 24.8 Å². The number of hydrogen-bond acceptors (Lipinski definition) is 6. The molecule has 0 saturated carbocycles. The van der Waals surface area contributed by atoms with Gasteiger partial charge in [-0.15, -0.1) is 0 Å². The van der Waals surface area contributed by atoms with Crippen LogP contribution in [0.3, 0.4) is 0 Å². The van der Waals surface area contributed by atoms with Gasteiger partial charge in [0, 0.05) is 12.7 Å². The van der Waals surface area contributed by atoms with Crippen molar-refractivity contribution in [3.05, 3.63) is 83.9 Å². The van der Waals surface area contributed by atoms with Crippen LogP contribution in [0.1, 0.15) is 17.4 Å². The highest BCUT2D eigenvalue weighted by Gasteiger charge is 2.50. The van der Waals surface area contributed by atoms with Gasteiger partial charge in [0.25, 0.3) is 0 Å². The molecule has 0 radical (unpaired) electrons. The van der Waals surface area contributed by atoms with Gasteiger partial charge in [0.05, 0.1) is 31.8 Å². The molecule has 0 aliphatic carbocycles. The maximum Gasteiger partial charge on any atom is 0.184 e. The molecule has 5 rings (SSSR count). The summed E-state index contributed by atoms with van der Waals surface area (Å²) >= 11 is 0. The van der Waals surface area contributed by atoms with Crippen molar-refractivity contribution >= 4 is 10.8 Å². The van der Waals surface area contributed by atoms with Crippen LogP contribution in [-0.2, 0) is 30.3 Å². The van der Waals surface area contributed by atoms with Gasteiger partial charge in [0.15, 0.2) is 12.6 Å². The van der Waals surface area contributed by atoms with Crippen LogP contribution in [0.15, 0.2) is 72.8 Å². The summed E-state index contributed by atoms with van der Waals surface area (Å²) in [5, 5.41) is 12.5. The van der Waals surface area contributed by atoms with Gasteiger partial charge in [-0.1, -0.05) is 66.7 Å². The number of fused-ring (bicyclic) bond motifs is 2. The third kappa shape index (κ3) is 4.30. The Kier molecular flexibility index (Phi) is 6.50. The lowest BCUT2D eigenvalue weighted by Crippen LogP contribution is -2.61. The molecule has 0 aromatic heterocycles. The number of aliphatic hydroxyl groups excluding tert-OH is 1. The summed E-state index contributed by atoms with van der Waals surface area (Å²) in [6.07, 6.45) is -2.25. The minimum absolute atomic E-state index is 0.135. The molecule has 1 unspecified atom stereocenters. The molecular formula is C26H28O6. The Bertz CT molecular complexity index is 1030. The van der Waals surface area contributed by atoms with E-state index >= 15 is 0 Å². The molecule has 1 N–H and O–H groups in total. The molecule has 6 heteroatoms. The maximum absolute atomic E-state index is 10.1. The van der Waals surface area contributed by atoms with Crippen molar-refractivity contribution in [3.8, 4) is 0 Å². The van der Waals surface area contributed by atoms with Crippen LogP contribution in [-0.4, -0.2) is 50.0 Å². The number of rotatable bonds is 6. The SMILES string of the molecule is CO[C@H]1O[C@@H]2CO[C@@H](c3ccccc3)O[C@H]2[C@H](OCc2ccc3ccccc3c2)C1CO. The summed E-state index contributed by atoms with van der Waals surface area (Å²) in [5.41, 5.74) is 2.00. The van der Waals surface area contributed by atoms with E-state index in [2.05, 4.69) is 30.3 Å². The van der Waals surface area contributed by atoms with Crippen molar-refractivity contribution in [1.82, 2.24) is 0 Å². The van der Waals surface area contributed by atoms with E-state index in [1.807, 2.05) is 42.5 Å². The summed E-state index contributed by atoms with van der Waals surface area (Å²) in [5.74, 6) is -0.378. The Labute approximate surface area is 187 Å². The molecule has 6 atom stereocenters. The van der Waals surface area contributed by atoms with Gasteiger partial charge in [0.2, 0.25) is 0 Å². The summed E-state index contributed by atoms with van der Waals surface area (Å²) in [6, 6.07) is 24.3. The first kappa shape index (κ1) is 21.5. The lowest BCUT2D eigenvalue weighted by molar-refractivity contribution is -0.358. The minimum atomic E-state index is -0.594. The van der Waals surface area contributed by atoms with Gasteiger partial charge in [-0.3, -0.25) is 0 Å². The summed E-state index contributed by atoms with van der Waals surface area (Å²) in [6.45, 7) is 0.619. The number of benzene rings is 3. The Hall–Kier alpha value is -2.32. The molecule has 0 spiro atoms. The van der Waals surface area contributed by atoms with Crippen molar-refractivity contribution < 1.29 is 28.8 Å². The zero-order chi connectivity index (χ0) is 21.9. The van der Waals surface area contributed by atoms with Gasteiger partial charge in [-0.05, 0) is 22.4 Å². The molecular weight excluding hydrogens is 408 g/mol. The first-order valence-corrected chi connectivity index (χ1v) is 11.0. The molecule has 0 bridgehead atoms. The Morgan fingerprint density at radius 2 is 1.72 bits per heavy atom. The van der Waals surface area contributed by atoms with Crippen LogP contribution >= 0.6 is 0 Å². The molecule has 3 aromatic carbocycles. The zero-order valence-corrected chi connectivity index (χ0v) is 18.0. The molecule has 2 aliphatic heterocycles. The van der Waals surface area contributed by atoms with E-state index in [0.29, 0.717) is 13.2 Å². The topological polar surface area (TPSA) is 66.4 Å². The second-order valence-electron chi connectivity index (χ2n) is 8.26. The van der Waals surface area contributed by atoms with Gasteiger partial charge in [-0.25, -0.2) is 0 Å². The second-order valence-corrected chi connectivity index (χ2v) is 8.26. The third-order valence-electron chi connectivity index (χ3n) is 6.23. The fraction of sp³-hybridized carbons (Fsp3) is 0.385. The predicted octanol–water partition coefficient (Wildman–Crippen LogP) is 3.82. The van der Waals surface area contributed by atoms with Gasteiger partial charge < -0.3 is 28.8 Å². The van der Waals surface area contributed by atoms with Crippen molar-refractivity contribution in [1.29, 1.82) is 0 Å². The highest BCUT2D eigenvalue weighted by molar-refractivity contribution is 5.82. The number of methoxy groups -OCH3 is 1. The number of aliphatic hydroxyl groups is 1. The van der Waals surface area contributed by atoms with Gasteiger partial charge in [0.1, 0.15) is 12.2 Å². The highest BCUT2D eigenvalue weighted by Crippen LogP contribution is 2.38. The smallest absolute Gasteiger partial charge is 0.184 e. The predicted molar refractivity (Wildman–Crippen MR) is 119 cm³/mol. The first-order chi connectivity index (χ1) is 15.8. The fourth-order valence-electron chi connectivity index (χ4n) is 4.57. The van der Waals surface area contributed by atoms with Gasteiger partial charge >= 0.3 is 0 Å². The van der Waals surface area contributed by atoms with Crippen molar-refractivity contribution in [2.24, 2.45) is 5.92 Å². The average Bonchev–Trinajstić information content (AvgIpc) is 2.86. The summed E-state index contributed by atoms with van der Waals surface area (Å²) < 4.78 is 30.3. The lowest BCUT2D eigenvalue weighted by Gasteiger charge is -2.48. The minimum Gasteiger partial charge on any atom is -0.396 e. The largest absolute Gasteiger partial charge is 0.396 e. The molecule has 2 heterocycles. The molecule has 2 aliphatic rings. The van der Waals surface area contributed by atoms with E-state index in [4.69, 9.17) is 23.7 Å². The Morgan fingerprint density at radius 1 is 0.938 bits per heavy atom. The maximum atomic E-state index is 10.1. The van der Waals surface area contributed by atoms with E-state index in [9.17, 15) is 5.11 Å². The zero-order valence-electron chi connectivity index (χ0n) is 18.0. The quantitative estimate of drug-likeness (QED) is 0.634. The third-order valence-corrected chi connectivity index (χ3v) is 6.23. The van der Waals surface area contributed by atoms with Crippen LogP contribution in [0.25, 0.3) is 10.8 Å². The Morgan fingerprint density at radius 3 is 2.50 bits per heavy atom. The number of hydrogen-bond donors (Lipinski definition) is 1. The molecule has 2 saturated heterocycles. The van der Waals surface area contributed by atoms with E-state index in [-0.39, 0.29) is 18.6 Å². The monoisotopic (exact) mass is 436 g/mol. The van der Waals surface area contributed by atoms with E-state index in [1.54, 1.807) is 7.11 Å². The Balaban J connectivity index is 1.37. The van der Waals surface area contributed by atoms with Crippen LogP contribution in [0.5, 0.6) is 0 Å². The standard InChI is InChI=1S/C26H28O6/c1-28-26-21(14-27)23(29-15-17-11-12-18-7-5-6-10-20(18)13-17)24-22(31-26)16-30-25(32-24)19-8-3-2-4-9-19/h2-13,21-27H,14-16H2,1H3/t21?,22-,23-,24-,25-,26+/m1/s1. The van der Waals surface area contributed by atoms with Crippen LogP contribution in [0.2, 0.25) is 0 Å². The number of ether oxygens (including phenoxy) is 5. The van der Waals surface area contributed by atoms with Crippen LogP contribution in [0, 0.1) is 5.92 Å². The van der Waals surface area contributed by atoms with E-state index in [0.717, 1.165) is 11.1 Å². The lowest BCUT2D eigenvalue weighted by atomic mass is 9.90. The molecule has 3 aromatic rings. The van der Waals surface area contributed by atoms with Gasteiger partial charge in [-0.2, -0.15) is 0 Å². The first-order valence-electron chi connectivity index (χ1n) is 11.0. The van der Waals surface area contributed by atoms with Crippen molar-refractivity contribution in [3.63, 3.8) is 0 Å². The molecule has 0 amide bonds. The average molecular weight is 437 g/mol. The molecule has 2 fully saturated rings. The van der Waals surface area contributed by atoms with Crippen LogP contribution < -0.4 is 0 Å². The van der Waals surface area contributed by atoms with Crippen molar-refractivity contribution in [2.45, 2.75) is 37.5 Å². The highest BCUT2D eigenvalue weighted by atomic mass is 16.7. The molecule has 6 nitrogen and oxygen atoms in total. The van der Waals surface area contributed by atoms with E-state index in [1.165, 1.54) is 10.8 Å². The molecule has 32 heavy (non-hydrogen) atoms. The summed E-state index contributed by atoms with van der Waals surface area (Å²) in [4.78, 5) is 0. The second kappa shape index (κ2) is 9.67. The molecule has 168 valence electrons. The van der Waals surface area contributed by atoms with Crippen molar-refractivity contribution in [2.75, 3.05) is 20.3 Å². The fourth-order valence-corrected chi connectivity index (χ4v) is 4.57. The normalized spacial score (nSPS) is 30.2.